The largest absolute Gasteiger partial charge is 0.472 e. The van der Waals surface area contributed by atoms with Crippen molar-refractivity contribution in [2.45, 2.75) is 31.1 Å². The Kier molecular flexibility index (Phi) is 3.75. The molecule has 1 aliphatic heterocycles. The molecule has 2 fully saturated rings. The lowest BCUT2D eigenvalue weighted by atomic mass is 10.1. The number of carbonyl (C=O) groups is 1. The van der Waals surface area contributed by atoms with E-state index >= 15 is 0 Å². The number of aromatic nitrogens is 1. The van der Waals surface area contributed by atoms with Crippen LogP contribution in [0.2, 0.25) is 0 Å². The molecule has 0 bridgehead atoms. The Balaban J connectivity index is 1.49. The van der Waals surface area contributed by atoms with Crippen LogP contribution in [0.25, 0.3) is 0 Å². The molecule has 0 N–H and O–H groups in total. The van der Waals surface area contributed by atoms with Gasteiger partial charge in [-0.15, -0.1) is 0 Å². The summed E-state index contributed by atoms with van der Waals surface area (Å²) in [7, 11) is 0. The molecule has 0 aromatic carbocycles. The molecule has 2 aliphatic rings. The Morgan fingerprint density at radius 2 is 2.26 bits per heavy atom. The topological polar surface area (TPSA) is 64.8 Å². The molecule has 1 saturated heterocycles. The predicted octanol–water partition coefficient (Wildman–Crippen LogP) is 2.13. The molecule has 1 amide bonds. The molecule has 4 rings (SSSR count). The first kappa shape index (κ1) is 14.3. The standard InChI is InChI=1S/C17H18N2O4/c20-17(12-6-9-21-11-12)19-8-10-22-16-13(19)4-5-14(16)23-15-3-1-2-7-18-15/h1-3,6-7,9,11,13-14,16H,4-5,8,10H2/t13-,14-,16+/m0/s1. The summed E-state index contributed by atoms with van der Waals surface area (Å²) in [4.78, 5) is 18.7. The van der Waals surface area contributed by atoms with E-state index in [0.717, 1.165) is 12.8 Å². The first-order chi connectivity index (χ1) is 11.3. The molecule has 3 atom stereocenters. The van der Waals surface area contributed by atoms with Crippen LogP contribution in [0, 0.1) is 0 Å². The number of furan rings is 1. The SMILES string of the molecule is O=C(c1ccoc1)N1CCO[C@H]2[C@@H](Oc3ccccn3)CC[C@@H]21. The second-order valence-electron chi connectivity index (χ2n) is 5.81. The number of hydrogen-bond acceptors (Lipinski definition) is 5. The summed E-state index contributed by atoms with van der Waals surface area (Å²) >= 11 is 0. The van der Waals surface area contributed by atoms with Crippen molar-refractivity contribution in [2.75, 3.05) is 13.2 Å². The van der Waals surface area contributed by atoms with Gasteiger partial charge in [-0.1, -0.05) is 6.07 Å². The summed E-state index contributed by atoms with van der Waals surface area (Å²) in [6.45, 7) is 1.12. The number of rotatable bonds is 3. The van der Waals surface area contributed by atoms with E-state index in [2.05, 4.69) is 4.98 Å². The number of ether oxygens (including phenoxy) is 2. The number of hydrogen-bond donors (Lipinski definition) is 0. The van der Waals surface area contributed by atoms with E-state index in [0.29, 0.717) is 24.6 Å². The number of fused-ring (bicyclic) bond motifs is 1. The summed E-state index contributed by atoms with van der Waals surface area (Å²) in [6.07, 6.45) is 6.25. The zero-order valence-electron chi connectivity index (χ0n) is 12.6. The highest BCUT2D eigenvalue weighted by Crippen LogP contribution is 2.33. The summed E-state index contributed by atoms with van der Waals surface area (Å²) < 4.78 is 16.9. The van der Waals surface area contributed by atoms with Crippen molar-refractivity contribution >= 4 is 5.91 Å². The lowest BCUT2D eigenvalue weighted by molar-refractivity contribution is -0.0793. The van der Waals surface area contributed by atoms with Crippen molar-refractivity contribution in [2.24, 2.45) is 0 Å². The first-order valence-electron chi connectivity index (χ1n) is 7.85. The number of amides is 1. The number of carbonyl (C=O) groups excluding carboxylic acids is 1. The second-order valence-corrected chi connectivity index (χ2v) is 5.81. The third kappa shape index (κ3) is 2.70. The van der Waals surface area contributed by atoms with E-state index < -0.39 is 0 Å². The predicted molar refractivity (Wildman–Crippen MR) is 81.2 cm³/mol. The highest BCUT2D eigenvalue weighted by atomic mass is 16.5. The summed E-state index contributed by atoms with van der Waals surface area (Å²) in [5.41, 5.74) is 0.583. The van der Waals surface area contributed by atoms with E-state index in [1.54, 1.807) is 12.3 Å². The molecule has 0 radical (unpaired) electrons. The molecule has 3 heterocycles. The molecule has 1 saturated carbocycles. The quantitative estimate of drug-likeness (QED) is 0.868. The molecular formula is C17H18N2O4. The van der Waals surface area contributed by atoms with Gasteiger partial charge in [0.25, 0.3) is 5.91 Å². The van der Waals surface area contributed by atoms with Gasteiger partial charge >= 0.3 is 0 Å². The maximum Gasteiger partial charge on any atom is 0.257 e. The zero-order chi connectivity index (χ0) is 15.6. The third-order valence-electron chi connectivity index (χ3n) is 4.47. The molecular weight excluding hydrogens is 296 g/mol. The van der Waals surface area contributed by atoms with Crippen LogP contribution in [0.4, 0.5) is 0 Å². The second kappa shape index (κ2) is 6.04. The van der Waals surface area contributed by atoms with Gasteiger partial charge < -0.3 is 18.8 Å². The van der Waals surface area contributed by atoms with Crippen molar-refractivity contribution in [1.29, 1.82) is 0 Å². The van der Waals surface area contributed by atoms with Crippen LogP contribution in [-0.4, -0.2) is 47.2 Å². The van der Waals surface area contributed by atoms with E-state index in [1.807, 2.05) is 23.1 Å². The van der Waals surface area contributed by atoms with Crippen LogP contribution in [0.15, 0.2) is 47.4 Å². The van der Waals surface area contributed by atoms with Gasteiger partial charge in [-0.3, -0.25) is 4.79 Å². The molecule has 23 heavy (non-hydrogen) atoms. The van der Waals surface area contributed by atoms with Crippen LogP contribution in [0.1, 0.15) is 23.2 Å². The number of morpholine rings is 1. The average molecular weight is 314 g/mol. The van der Waals surface area contributed by atoms with Crippen molar-refractivity contribution < 1.29 is 18.7 Å². The number of pyridine rings is 1. The van der Waals surface area contributed by atoms with Crippen LogP contribution < -0.4 is 4.74 Å². The van der Waals surface area contributed by atoms with E-state index in [-0.39, 0.29) is 24.2 Å². The fourth-order valence-corrected chi connectivity index (χ4v) is 3.42. The van der Waals surface area contributed by atoms with Crippen molar-refractivity contribution in [3.8, 4) is 5.88 Å². The molecule has 6 heteroatoms. The first-order valence-corrected chi connectivity index (χ1v) is 7.85. The van der Waals surface area contributed by atoms with E-state index in [9.17, 15) is 4.79 Å². The van der Waals surface area contributed by atoms with Crippen LogP contribution in [0.3, 0.4) is 0 Å². The molecule has 6 nitrogen and oxygen atoms in total. The van der Waals surface area contributed by atoms with Crippen LogP contribution in [0.5, 0.6) is 5.88 Å². The van der Waals surface area contributed by atoms with Crippen molar-refractivity contribution in [3.63, 3.8) is 0 Å². The molecule has 2 aromatic rings. The van der Waals surface area contributed by atoms with Gasteiger partial charge in [-0.05, 0) is 25.0 Å². The third-order valence-corrected chi connectivity index (χ3v) is 4.47. The number of nitrogens with zero attached hydrogens (tertiary/aromatic N) is 2. The van der Waals surface area contributed by atoms with Crippen molar-refractivity contribution in [1.82, 2.24) is 9.88 Å². The van der Waals surface area contributed by atoms with Gasteiger partial charge in [-0.25, -0.2) is 4.98 Å². The lowest BCUT2D eigenvalue weighted by Crippen LogP contribution is -2.54. The Labute approximate surface area is 134 Å². The van der Waals surface area contributed by atoms with Gasteiger partial charge in [0.2, 0.25) is 5.88 Å². The van der Waals surface area contributed by atoms with Gasteiger partial charge in [0.1, 0.15) is 18.5 Å². The van der Waals surface area contributed by atoms with Gasteiger partial charge in [0.15, 0.2) is 0 Å². The minimum atomic E-state index is -0.110. The van der Waals surface area contributed by atoms with Gasteiger partial charge in [0.05, 0.1) is 24.5 Å². The maximum absolute atomic E-state index is 12.6. The van der Waals surface area contributed by atoms with E-state index in [4.69, 9.17) is 13.9 Å². The van der Waals surface area contributed by atoms with Crippen LogP contribution >= 0.6 is 0 Å². The Hall–Kier alpha value is -2.34. The normalized spacial score (nSPS) is 26.8. The van der Waals surface area contributed by atoms with E-state index in [1.165, 1.54) is 12.5 Å². The molecule has 1 aliphatic carbocycles. The smallest absolute Gasteiger partial charge is 0.257 e. The minimum Gasteiger partial charge on any atom is -0.472 e. The summed E-state index contributed by atoms with van der Waals surface area (Å²) in [5, 5.41) is 0. The van der Waals surface area contributed by atoms with Gasteiger partial charge in [0, 0.05) is 18.8 Å². The lowest BCUT2D eigenvalue weighted by Gasteiger charge is -2.38. The molecule has 2 aromatic heterocycles. The monoisotopic (exact) mass is 314 g/mol. The molecule has 0 unspecified atom stereocenters. The highest BCUT2D eigenvalue weighted by Gasteiger charge is 2.46. The summed E-state index contributed by atoms with van der Waals surface area (Å²) in [5.74, 6) is 0.593. The average Bonchev–Trinajstić information content (AvgIpc) is 3.25. The fourth-order valence-electron chi connectivity index (χ4n) is 3.42. The van der Waals surface area contributed by atoms with Crippen molar-refractivity contribution in [3.05, 3.63) is 48.6 Å². The Morgan fingerprint density at radius 1 is 1.30 bits per heavy atom. The minimum absolute atomic E-state index is 0.00413. The highest BCUT2D eigenvalue weighted by molar-refractivity contribution is 5.94. The molecule has 120 valence electrons. The maximum atomic E-state index is 12.6. The Morgan fingerprint density at radius 3 is 3.04 bits per heavy atom. The zero-order valence-corrected chi connectivity index (χ0v) is 12.6. The fraction of sp³-hybridized carbons (Fsp3) is 0.412. The Bertz CT molecular complexity index is 658. The van der Waals surface area contributed by atoms with Crippen LogP contribution in [-0.2, 0) is 4.74 Å². The summed E-state index contributed by atoms with van der Waals surface area (Å²) in [6, 6.07) is 7.33. The van der Waals surface area contributed by atoms with Gasteiger partial charge in [-0.2, -0.15) is 0 Å². The molecule has 0 spiro atoms.